The van der Waals surface area contributed by atoms with Crippen LogP contribution in [0.3, 0.4) is 0 Å². The van der Waals surface area contributed by atoms with E-state index in [-0.39, 0.29) is 40.4 Å². The van der Waals surface area contributed by atoms with Crippen LogP contribution in [-0.4, -0.2) is 60.2 Å². The number of rotatable bonds is 10. The fraction of sp³-hybridized carbons (Fsp3) is 0.267. The molecule has 0 unspecified atom stereocenters. The van der Waals surface area contributed by atoms with E-state index in [0.29, 0.717) is 17.1 Å². The molecule has 0 aromatic heterocycles. The molecule has 204 valence electrons. The molecule has 0 radical (unpaired) electrons. The fourth-order valence-electron chi connectivity index (χ4n) is 4.45. The Morgan fingerprint density at radius 3 is 1.92 bits per heavy atom. The first kappa shape index (κ1) is 27.5. The van der Waals surface area contributed by atoms with Crippen LogP contribution in [0.25, 0.3) is 11.6 Å². The van der Waals surface area contributed by atoms with Gasteiger partial charge >= 0.3 is 5.97 Å². The summed E-state index contributed by atoms with van der Waals surface area (Å²) in [4.78, 5) is 27.1. The molecule has 0 spiro atoms. The molecule has 39 heavy (non-hydrogen) atoms. The second kappa shape index (κ2) is 11.5. The van der Waals surface area contributed by atoms with Crippen LogP contribution >= 0.6 is 0 Å². The average Bonchev–Trinajstić information content (AvgIpc) is 3.27. The molecule has 0 saturated heterocycles. The lowest BCUT2D eigenvalue weighted by Crippen LogP contribution is -2.44. The van der Waals surface area contributed by atoms with E-state index in [4.69, 9.17) is 33.2 Å². The molecule has 0 amide bonds. The molecule has 3 aromatic rings. The van der Waals surface area contributed by atoms with E-state index < -0.39 is 17.5 Å². The number of carbonyl (C=O) groups excluding carboxylic acids is 2. The van der Waals surface area contributed by atoms with Gasteiger partial charge in [-0.2, -0.15) is 0 Å². The molecule has 0 bridgehead atoms. The van der Waals surface area contributed by atoms with Crippen LogP contribution in [-0.2, 0) is 20.7 Å². The smallest absolute Gasteiger partial charge is 0.338 e. The predicted molar refractivity (Wildman–Crippen MR) is 144 cm³/mol. The van der Waals surface area contributed by atoms with Crippen molar-refractivity contribution in [1.29, 1.82) is 0 Å². The monoisotopic (exact) mass is 534 g/mol. The summed E-state index contributed by atoms with van der Waals surface area (Å²) >= 11 is 0. The van der Waals surface area contributed by atoms with Crippen LogP contribution < -0.4 is 23.7 Å². The van der Waals surface area contributed by atoms with Gasteiger partial charge in [0, 0.05) is 19.6 Å². The Labute approximate surface area is 226 Å². The quantitative estimate of drug-likeness (QED) is 0.210. The van der Waals surface area contributed by atoms with Crippen molar-refractivity contribution in [2.24, 2.45) is 0 Å². The van der Waals surface area contributed by atoms with Crippen molar-refractivity contribution in [2.75, 3.05) is 42.7 Å². The van der Waals surface area contributed by atoms with E-state index in [9.17, 15) is 9.59 Å². The van der Waals surface area contributed by atoms with Gasteiger partial charge in [-0.25, -0.2) is 4.79 Å². The highest BCUT2D eigenvalue weighted by Gasteiger charge is 2.52. The number of ether oxygens (including phenoxy) is 7. The zero-order valence-electron chi connectivity index (χ0n) is 22.7. The Kier molecular flexibility index (Phi) is 8.11. The van der Waals surface area contributed by atoms with Crippen molar-refractivity contribution in [3.63, 3.8) is 0 Å². The normalized spacial score (nSPS) is 16.3. The number of carbonyl (C=O) groups is 2. The van der Waals surface area contributed by atoms with Gasteiger partial charge in [-0.1, -0.05) is 24.3 Å². The largest absolute Gasteiger partial charge is 0.497 e. The van der Waals surface area contributed by atoms with Crippen molar-refractivity contribution >= 4 is 23.4 Å². The maximum Gasteiger partial charge on any atom is 0.338 e. The van der Waals surface area contributed by atoms with Gasteiger partial charge in [0.05, 0.1) is 46.7 Å². The van der Waals surface area contributed by atoms with Crippen molar-refractivity contribution in [2.45, 2.75) is 12.2 Å². The van der Waals surface area contributed by atoms with Crippen molar-refractivity contribution in [3.8, 4) is 28.7 Å². The number of methoxy groups -OCH3 is 6. The minimum atomic E-state index is -1.72. The molecule has 1 atom stereocenters. The van der Waals surface area contributed by atoms with Gasteiger partial charge < -0.3 is 33.2 Å². The highest BCUT2D eigenvalue weighted by Crippen LogP contribution is 2.51. The van der Waals surface area contributed by atoms with E-state index in [1.165, 1.54) is 28.4 Å². The first-order valence-electron chi connectivity index (χ1n) is 12.0. The summed E-state index contributed by atoms with van der Waals surface area (Å²) in [6.07, 6.45) is 1.71. The Bertz CT molecular complexity index is 1390. The molecule has 1 heterocycles. The summed E-state index contributed by atoms with van der Waals surface area (Å²) in [6.45, 7) is 0. The summed E-state index contributed by atoms with van der Waals surface area (Å²) in [6, 6.07) is 15.9. The summed E-state index contributed by atoms with van der Waals surface area (Å²) < 4.78 is 38.9. The highest BCUT2D eigenvalue weighted by atomic mass is 16.7. The van der Waals surface area contributed by atoms with Gasteiger partial charge in [-0.05, 0) is 41.5 Å². The van der Waals surface area contributed by atoms with Crippen LogP contribution in [0, 0.1) is 0 Å². The number of hydrogen-bond acceptors (Lipinski definition) is 9. The summed E-state index contributed by atoms with van der Waals surface area (Å²) in [5.74, 6) is -0.927. The number of hydrogen-bond donors (Lipinski definition) is 0. The van der Waals surface area contributed by atoms with Gasteiger partial charge in [-0.15, -0.1) is 0 Å². The number of esters is 1. The van der Waals surface area contributed by atoms with Gasteiger partial charge in [0.2, 0.25) is 5.78 Å². The first-order chi connectivity index (χ1) is 18.8. The van der Waals surface area contributed by atoms with Crippen LogP contribution in [0.1, 0.15) is 27.0 Å². The van der Waals surface area contributed by atoms with Crippen LogP contribution in [0.4, 0.5) is 0 Å². The minimum absolute atomic E-state index is 0.0850. The van der Waals surface area contributed by atoms with E-state index in [1.54, 1.807) is 62.8 Å². The first-order valence-corrected chi connectivity index (χ1v) is 12.0. The summed E-state index contributed by atoms with van der Waals surface area (Å²) in [5.41, 5.74) is 1.94. The van der Waals surface area contributed by atoms with E-state index >= 15 is 0 Å². The van der Waals surface area contributed by atoms with Crippen molar-refractivity contribution in [1.82, 2.24) is 0 Å². The molecule has 9 heteroatoms. The second-order valence-electron chi connectivity index (χ2n) is 8.60. The lowest BCUT2D eigenvalue weighted by Gasteiger charge is -2.26. The second-order valence-corrected chi connectivity index (χ2v) is 8.60. The number of ketones is 1. The molecule has 1 aliphatic rings. The van der Waals surface area contributed by atoms with Crippen molar-refractivity contribution in [3.05, 3.63) is 76.9 Å². The number of benzene rings is 3. The molecule has 0 N–H and O–H groups in total. The van der Waals surface area contributed by atoms with Crippen LogP contribution in [0.15, 0.2) is 54.6 Å². The molecule has 1 aliphatic heterocycles. The van der Waals surface area contributed by atoms with Crippen LogP contribution in [0.2, 0.25) is 0 Å². The number of Topliss-reactive ketones (excluding diaryl/α,β-unsaturated/α-hetero) is 1. The number of fused-ring (bicyclic) bond motifs is 1. The molecule has 0 aliphatic carbocycles. The molecule has 9 nitrogen and oxygen atoms in total. The standard InChI is InChI=1S/C30H30O9/c1-33-20-11-7-18(8-12-20)15-22(29(32)37-5)25-23(35-3)16-24(36-4)26-27(25)39-30(38-6,28(26)31)17-19-9-13-21(34-2)14-10-19/h7-16H,17H2,1-6H3/t30-/m0/s1. The highest BCUT2D eigenvalue weighted by molar-refractivity contribution is 6.24. The topological polar surface area (TPSA) is 98.8 Å². The maximum atomic E-state index is 14.0. The predicted octanol–water partition coefficient (Wildman–Crippen LogP) is 4.60. The molecular weight excluding hydrogens is 504 g/mol. The fourth-order valence-corrected chi connectivity index (χ4v) is 4.45. The maximum absolute atomic E-state index is 14.0. The van der Waals surface area contributed by atoms with E-state index in [0.717, 1.165) is 5.56 Å². The molecule has 4 rings (SSSR count). The Balaban J connectivity index is 1.90. The zero-order valence-corrected chi connectivity index (χ0v) is 22.7. The summed E-state index contributed by atoms with van der Waals surface area (Å²) in [7, 11) is 8.70. The molecular formula is C30H30O9. The van der Waals surface area contributed by atoms with Gasteiger partial charge in [0.25, 0.3) is 5.79 Å². The molecule has 0 fully saturated rings. The van der Waals surface area contributed by atoms with Gasteiger partial charge in [-0.3, -0.25) is 4.79 Å². The third kappa shape index (κ3) is 5.13. The van der Waals surface area contributed by atoms with E-state index in [2.05, 4.69) is 0 Å². The molecule has 3 aromatic carbocycles. The Morgan fingerprint density at radius 1 is 0.821 bits per heavy atom. The third-order valence-electron chi connectivity index (χ3n) is 6.52. The third-order valence-corrected chi connectivity index (χ3v) is 6.52. The summed E-state index contributed by atoms with van der Waals surface area (Å²) in [5, 5.41) is 0. The zero-order chi connectivity index (χ0) is 28.2. The van der Waals surface area contributed by atoms with Crippen LogP contribution in [0.5, 0.6) is 28.7 Å². The lowest BCUT2D eigenvalue weighted by molar-refractivity contribution is -0.133. The SMILES string of the molecule is COC(=O)C(=Cc1ccc(OC)cc1)c1c(OC)cc(OC)c2c1O[C@](Cc1ccc(OC)cc1)(OC)C2=O. The minimum Gasteiger partial charge on any atom is -0.497 e. The van der Waals surface area contributed by atoms with E-state index in [1.807, 2.05) is 12.1 Å². The van der Waals surface area contributed by atoms with Crippen molar-refractivity contribution < 1.29 is 42.7 Å². The van der Waals surface area contributed by atoms with Gasteiger partial charge in [0.1, 0.15) is 34.3 Å². The Hall–Kier alpha value is -4.50. The average molecular weight is 535 g/mol. The lowest BCUT2D eigenvalue weighted by atomic mass is 9.94. The van der Waals surface area contributed by atoms with Gasteiger partial charge in [0.15, 0.2) is 0 Å². The Morgan fingerprint density at radius 2 is 1.41 bits per heavy atom. The molecule has 0 saturated carbocycles.